The van der Waals surface area contributed by atoms with Crippen LogP contribution in [0.2, 0.25) is 0 Å². The van der Waals surface area contributed by atoms with Gasteiger partial charge >= 0.3 is 0 Å². The van der Waals surface area contributed by atoms with Crippen LogP contribution >= 0.6 is 0 Å². The number of likely N-dealkylation sites (N-methyl/N-ethyl adjacent to an activating group) is 1. The highest BCUT2D eigenvalue weighted by Crippen LogP contribution is 2.09. The summed E-state index contributed by atoms with van der Waals surface area (Å²) < 4.78 is 0. The normalized spacial score (nSPS) is 16.6. The van der Waals surface area contributed by atoms with Gasteiger partial charge in [0.05, 0.1) is 0 Å². The lowest BCUT2D eigenvalue weighted by atomic mass is 10.0. The Labute approximate surface area is 106 Å². The number of nitrogens with two attached hydrogens (primary N) is 1. The summed E-state index contributed by atoms with van der Waals surface area (Å²) in [6.45, 7) is 6.90. The largest absolute Gasteiger partial charge is 0.352 e. The van der Waals surface area contributed by atoms with E-state index >= 15 is 0 Å². The molecule has 0 heterocycles. The molecular weight excluding hydrogens is 214 g/mol. The van der Waals surface area contributed by atoms with Crippen molar-refractivity contribution in [3.8, 4) is 0 Å². The van der Waals surface area contributed by atoms with Crippen LogP contribution in [0.5, 0.6) is 0 Å². The molecule has 0 radical (unpaired) electrons. The molecule has 0 aromatic carbocycles. The minimum atomic E-state index is 0.0818. The van der Waals surface area contributed by atoms with Gasteiger partial charge in [-0.05, 0) is 40.8 Å². The fraction of sp³-hybridized carbons (Fsp3) is 0.923. The molecule has 0 aliphatic heterocycles. The van der Waals surface area contributed by atoms with Crippen LogP contribution in [0, 0.1) is 5.92 Å². The molecule has 3 unspecified atom stereocenters. The maximum absolute atomic E-state index is 11.8. The predicted molar refractivity (Wildman–Crippen MR) is 72.8 cm³/mol. The quantitative estimate of drug-likeness (QED) is 0.673. The van der Waals surface area contributed by atoms with Crippen LogP contribution in [0.3, 0.4) is 0 Å². The van der Waals surface area contributed by atoms with Crippen LogP contribution < -0.4 is 11.1 Å². The van der Waals surface area contributed by atoms with E-state index in [0.29, 0.717) is 0 Å². The highest BCUT2D eigenvalue weighted by atomic mass is 16.1. The Bertz CT molecular complexity index is 217. The van der Waals surface area contributed by atoms with Crippen molar-refractivity contribution >= 4 is 5.91 Å². The molecule has 1 amide bonds. The fourth-order valence-corrected chi connectivity index (χ4v) is 1.86. The number of amides is 1. The van der Waals surface area contributed by atoms with E-state index in [-0.39, 0.29) is 23.9 Å². The Morgan fingerprint density at radius 3 is 2.29 bits per heavy atom. The van der Waals surface area contributed by atoms with Crippen molar-refractivity contribution < 1.29 is 4.79 Å². The summed E-state index contributed by atoms with van der Waals surface area (Å²) in [7, 11) is 4.02. The second kappa shape index (κ2) is 8.48. The zero-order valence-electron chi connectivity index (χ0n) is 12.0. The summed E-state index contributed by atoms with van der Waals surface area (Å²) in [5.41, 5.74) is 5.68. The molecule has 0 aromatic rings. The number of carbonyl (C=O) groups excluding carboxylic acids is 1. The second-order valence-electron chi connectivity index (χ2n) is 5.48. The molecule has 102 valence electrons. The molecule has 0 saturated carbocycles. The highest BCUT2D eigenvalue weighted by molar-refractivity contribution is 5.78. The minimum Gasteiger partial charge on any atom is -0.352 e. The molecule has 3 N–H and O–H groups in total. The van der Waals surface area contributed by atoms with E-state index in [9.17, 15) is 4.79 Å². The fourth-order valence-electron chi connectivity index (χ4n) is 1.86. The average Bonchev–Trinajstić information content (AvgIpc) is 2.15. The van der Waals surface area contributed by atoms with E-state index in [4.69, 9.17) is 5.73 Å². The number of nitrogens with one attached hydrogen (secondary N) is 1. The second-order valence-corrected chi connectivity index (χ2v) is 5.48. The van der Waals surface area contributed by atoms with Crippen molar-refractivity contribution in [2.24, 2.45) is 11.7 Å². The first kappa shape index (κ1) is 16.4. The molecular formula is C13H29N3O. The standard InChI is InChI=1S/C13H29N3O/c1-10(7-6-8-11(2)14)13(17)15-12(3)9-16(4)5/h10-12H,6-9,14H2,1-5H3,(H,15,17). The molecule has 0 bridgehead atoms. The smallest absolute Gasteiger partial charge is 0.223 e. The molecule has 0 aliphatic rings. The van der Waals surface area contributed by atoms with E-state index in [0.717, 1.165) is 25.8 Å². The van der Waals surface area contributed by atoms with Crippen molar-refractivity contribution in [3.63, 3.8) is 0 Å². The van der Waals surface area contributed by atoms with E-state index in [1.807, 2.05) is 34.9 Å². The van der Waals surface area contributed by atoms with E-state index in [1.165, 1.54) is 0 Å². The van der Waals surface area contributed by atoms with Gasteiger partial charge in [0.2, 0.25) is 5.91 Å². The Morgan fingerprint density at radius 1 is 1.24 bits per heavy atom. The lowest BCUT2D eigenvalue weighted by molar-refractivity contribution is -0.125. The molecule has 0 aromatic heterocycles. The third-order valence-corrected chi connectivity index (χ3v) is 2.77. The number of carbonyl (C=O) groups is 1. The van der Waals surface area contributed by atoms with Crippen LogP contribution in [0.4, 0.5) is 0 Å². The first-order valence-electron chi connectivity index (χ1n) is 6.53. The lowest BCUT2D eigenvalue weighted by Crippen LogP contribution is -2.41. The highest BCUT2D eigenvalue weighted by Gasteiger charge is 2.15. The predicted octanol–water partition coefficient (Wildman–Crippen LogP) is 1.21. The molecule has 4 heteroatoms. The zero-order valence-corrected chi connectivity index (χ0v) is 12.0. The Balaban J connectivity index is 3.81. The molecule has 0 rings (SSSR count). The van der Waals surface area contributed by atoms with E-state index in [2.05, 4.69) is 10.2 Å². The summed E-state index contributed by atoms with van der Waals surface area (Å²) in [6.07, 6.45) is 2.93. The number of hydrogen-bond acceptors (Lipinski definition) is 3. The molecule has 0 fully saturated rings. The first-order valence-corrected chi connectivity index (χ1v) is 6.53. The molecule has 3 atom stereocenters. The number of hydrogen-bond donors (Lipinski definition) is 2. The zero-order chi connectivity index (χ0) is 13.4. The van der Waals surface area contributed by atoms with Crippen LogP contribution in [-0.4, -0.2) is 43.5 Å². The topological polar surface area (TPSA) is 58.4 Å². The maximum Gasteiger partial charge on any atom is 0.223 e. The third kappa shape index (κ3) is 9.12. The van der Waals surface area contributed by atoms with Crippen LogP contribution in [-0.2, 0) is 4.79 Å². The van der Waals surface area contributed by atoms with Gasteiger partial charge in [-0.15, -0.1) is 0 Å². The SMILES string of the molecule is CC(N)CCCC(C)C(=O)NC(C)CN(C)C. The van der Waals surface area contributed by atoms with Gasteiger partial charge in [0.15, 0.2) is 0 Å². The van der Waals surface area contributed by atoms with Gasteiger partial charge in [0, 0.05) is 24.5 Å². The summed E-state index contributed by atoms with van der Waals surface area (Å²) in [5.74, 6) is 0.238. The van der Waals surface area contributed by atoms with Crippen molar-refractivity contribution in [1.82, 2.24) is 10.2 Å². The Morgan fingerprint density at radius 2 is 1.82 bits per heavy atom. The van der Waals surface area contributed by atoms with Gasteiger partial charge in [-0.2, -0.15) is 0 Å². The van der Waals surface area contributed by atoms with Crippen molar-refractivity contribution in [2.75, 3.05) is 20.6 Å². The molecule has 0 spiro atoms. The van der Waals surface area contributed by atoms with Gasteiger partial charge in [0.1, 0.15) is 0 Å². The number of rotatable bonds is 8. The summed E-state index contributed by atoms with van der Waals surface area (Å²) in [5, 5.41) is 3.04. The Hall–Kier alpha value is -0.610. The molecule has 4 nitrogen and oxygen atoms in total. The first-order chi connectivity index (χ1) is 7.82. The Kier molecular flexibility index (Phi) is 8.17. The summed E-state index contributed by atoms with van der Waals surface area (Å²) in [4.78, 5) is 13.9. The van der Waals surface area contributed by atoms with Gasteiger partial charge in [-0.3, -0.25) is 4.79 Å². The van der Waals surface area contributed by atoms with Gasteiger partial charge in [-0.1, -0.05) is 13.3 Å². The number of nitrogens with zero attached hydrogens (tertiary/aromatic N) is 1. The van der Waals surface area contributed by atoms with Gasteiger partial charge in [-0.25, -0.2) is 0 Å². The lowest BCUT2D eigenvalue weighted by Gasteiger charge is -2.20. The van der Waals surface area contributed by atoms with E-state index < -0.39 is 0 Å². The summed E-state index contributed by atoms with van der Waals surface area (Å²) in [6, 6.07) is 0.436. The van der Waals surface area contributed by atoms with Gasteiger partial charge < -0.3 is 16.0 Å². The van der Waals surface area contributed by atoms with Crippen molar-refractivity contribution in [1.29, 1.82) is 0 Å². The molecule has 0 aliphatic carbocycles. The third-order valence-electron chi connectivity index (χ3n) is 2.77. The van der Waals surface area contributed by atoms with Crippen LogP contribution in [0.1, 0.15) is 40.0 Å². The minimum absolute atomic E-state index is 0.0818. The monoisotopic (exact) mass is 243 g/mol. The molecule has 17 heavy (non-hydrogen) atoms. The van der Waals surface area contributed by atoms with Crippen LogP contribution in [0.25, 0.3) is 0 Å². The summed E-state index contributed by atoms with van der Waals surface area (Å²) >= 11 is 0. The average molecular weight is 243 g/mol. The van der Waals surface area contributed by atoms with Crippen LogP contribution in [0.15, 0.2) is 0 Å². The maximum atomic E-state index is 11.8. The van der Waals surface area contributed by atoms with Crippen molar-refractivity contribution in [3.05, 3.63) is 0 Å². The van der Waals surface area contributed by atoms with Gasteiger partial charge in [0.25, 0.3) is 0 Å². The molecule has 0 saturated heterocycles. The van der Waals surface area contributed by atoms with Crippen molar-refractivity contribution in [2.45, 2.75) is 52.1 Å². The van der Waals surface area contributed by atoms with E-state index in [1.54, 1.807) is 0 Å².